The van der Waals surface area contributed by atoms with E-state index in [9.17, 15) is 0 Å². The fourth-order valence-corrected chi connectivity index (χ4v) is 0. The highest BCUT2D eigenvalue weighted by atomic mass is 35.5. The molecule has 0 aromatic rings. The minimum atomic E-state index is 0. The molecule has 1 N–H and O–H groups in total. The predicted octanol–water partition coefficient (Wildman–Crippen LogP) is -3.23. The van der Waals surface area contributed by atoms with Gasteiger partial charge in [0.2, 0.25) is 0 Å². The van der Waals surface area contributed by atoms with E-state index in [1.165, 1.54) is 0 Å². The zero-order valence-electron chi connectivity index (χ0n) is 3.29. The molecule has 0 aromatic carbocycles. The Balaban J connectivity index is 0. The van der Waals surface area contributed by atoms with Gasteiger partial charge in [-0.25, -0.2) is 5.48 Å². The van der Waals surface area contributed by atoms with Crippen molar-refractivity contribution in [2.24, 2.45) is 0 Å². The van der Waals surface area contributed by atoms with Gasteiger partial charge in [-0.2, -0.15) is 0 Å². The van der Waals surface area contributed by atoms with E-state index in [0.717, 1.165) is 0 Å². The molecule has 0 heterocycles. The highest BCUT2D eigenvalue weighted by molar-refractivity contribution is 3.76. The first-order valence-corrected chi connectivity index (χ1v) is 1.11. The maximum absolute atomic E-state index is 4.29. The van der Waals surface area contributed by atoms with Gasteiger partial charge in [-0.15, -0.1) is 0 Å². The molecular weight excluding hydrogens is 89.5 g/mol. The molecule has 0 saturated heterocycles. The highest BCUT2D eigenvalue weighted by Gasteiger charge is 1.45. The summed E-state index contributed by atoms with van der Waals surface area (Å²) in [6.07, 6.45) is 0. The molecule has 5 heavy (non-hydrogen) atoms. The lowest BCUT2D eigenvalue weighted by Gasteiger charge is -1.80. The minimum absolute atomic E-state index is 0. The lowest BCUT2D eigenvalue weighted by Crippen LogP contribution is -3.00. The van der Waals surface area contributed by atoms with Crippen molar-refractivity contribution in [1.82, 2.24) is 5.48 Å². The topological polar surface area (TPSA) is 21.3 Å². The van der Waals surface area contributed by atoms with Crippen LogP contribution in [0.4, 0.5) is 0 Å². The smallest absolute Gasteiger partial charge is 0.0572 e. The molecule has 0 saturated carbocycles. The Hall–Kier alpha value is 0.210. The number of rotatable bonds is 1. The van der Waals surface area contributed by atoms with Crippen LogP contribution in [0, 0.1) is 0 Å². The summed E-state index contributed by atoms with van der Waals surface area (Å²) in [6, 6.07) is 0. The summed E-state index contributed by atoms with van der Waals surface area (Å²) in [5, 5.41) is 0. The zero-order valence-corrected chi connectivity index (χ0v) is 4.04. The Morgan fingerprint density at radius 2 is 1.80 bits per heavy atom. The van der Waals surface area contributed by atoms with Crippen molar-refractivity contribution >= 4 is 0 Å². The van der Waals surface area contributed by atoms with Gasteiger partial charge in [0.05, 0.1) is 7.11 Å². The van der Waals surface area contributed by atoms with Crippen molar-refractivity contribution in [2.75, 3.05) is 14.2 Å². The summed E-state index contributed by atoms with van der Waals surface area (Å²) in [4.78, 5) is 4.29. The summed E-state index contributed by atoms with van der Waals surface area (Å²) in [5.74, 6) is 0. The molecule has 0 unspecified atom stereocenters. The second kappa shape index (κ2) is 8.88. The van der Waals surface area contributed by atoms with Gasteiger partial charge in [0.25, 0.3) is 0 Å². The lowest BCUT2D eigenvalue weighted by molar-refractivity contribution is -0.00000143. The van der Waals surface area contributed by atoms with E-state index in [0.29, 0.717) is 0 Å². The van der Waals surface area contributed by atoms with Gasteiger partial charge in [0.1, 0.15) is 0 Å². The lowest BCUT2D eigenvalue weighted by atomic mass is 11.5. The van der Waals surface area contributed by atoms with Crippen LogP contribution in [0.25, 0.3) is 0 Å². The summed E-state index contributed by atoms with van der Waals surface area (Å²) in [5.41, 5.74) is 2.43. The van der Waals surface area contributed by atoms with Crippen LogP contribution in [0.2, 0.25) is 0 Å². The maximum Gasteiger partial charge on any atom is 0.0572 e. The number of hydroxylamine groups is 1. The number of nitrogens with one attached hydrogen (secondary N) is 1. The van der Waals surface area contributed by atoms with Crippen LogP contribution in [0.15, 0.2) is 0 Å². The molecule has 0 aliphatic carbocycles. The molecule has 0 aliphatic rings. The number of halogens is 1. The van der Waals surface area contributed by atoms with Crippen molar-refractivity contribution < 1.29 is 17.2 Å². The van der Waals surface area contributed by atoms with Gasteiger partial charge in [0.15, 0.2) is 0 Å². The fourth-order valence-electron chi connectivity index (χ4n) is 0. The first-order valence-electron chi connectivity index (χ1n) is 1.11. The van der Waals surface area contributed by atoms with Crippen LogP contribution in [0.1, 0.15) is 0 Å². The highest BCUT2D eigenvalue weighted by Crippen LogP contribution is 1.32. The average Bonchev–Trinajstić information content (AvgIpc) is 1.37. The van der Waals surface area contributed by atoms with Crippen molar-refractivity contribution in [2.45, 2.75) is 0 Å². The van der Waals surface area contributed by atoms with Crippen LogP contribution in [0.3, 0.4) is 0 Å². The Labute approximate surface area is 37.9 Å². The molecule has 0 aromatic heterocycles. The third-order valence-electron chi connectivity index (χ3n) is 0.204. The molecule has 0 radical (unpaired) electrons. The Morgan fingerprint density at radius 1 is 1.60 bits per heavy atom. The monoisotopic (exact) mass is 96.0 g/mol. The molecular formula is C2H7ClNO-. The molecule has 3 heteroatoms. The molecule has 0 fully saturated rings. The van der Waals surface area contributed by atoms with Crippen molar-refractivity contribution in [3.63, 3.8) is 0 Å². The fraction of sp³-hybridized carbons (Fsp3) is 1.00. The van der Waals surface area contributed by atoms with E-state index in [2.05, 4.69) is 10.3 Å². The van der Waals surface area contributed by atoms with E-state index in [1.54, 1.807) is 14.2 Å². The van der Waals surface area contributed by atoms with Gasteiger partial charge < -0.3 is 17.2 Å². The molecule has 0 bridgehead atoms. The van der Waals surface area contributed by atoms with Crippen molar-refractivity contribution in [3.8, 4) is 0 Å². The Kier molecular flexibility index (Phi) is 15.9. The minimum Gasteiger partial charge on any atom is -1.00 e. The first-order chi connectivity index (χ1) is 1.91. The van der Waals surface area contributed by atoms with Crippen LogP contribution in [-0.4, -0.2) is 14.2 Å². The normalized spacial score (nSPS) is 6.00. The molecule has 0 spiro atoms. The zero-order chi connectivity index (χ0) is 3.41. The molecule has 2 nitrogen and oxygen atoms in total. The third-order valence-corrected chi connectivity index (χ3v) is 0.204. The first kappa shape index (κ1) is 8.96. The van der Waals surface area contributed by atoms with Gasteiger partial charge in [-0.1, -0.05) is 0 Å². The molecule has 0 atom stereocenters. The maximum atomic E-state index is 4.29. The summed E-state index contributed by atoms with van der Waals surface area (Å²) < 4.78 is 0. The second-order valence-corrected chi connectivity index (χ2v) is 0.408. The van der Waals surface area contributed by atoms with Crippen LogP contribution >= 0.6 is 0 Å². The molecule has 0 amide bonds. The van der Waals surface area contributed by atoms with Crippen molar-refractivity contribution in [1.29, 1.82) is 0 Å². The average molecular weight is 96.5 g/mol. The van der Waals surface area contributed by atoms with Gasteiger partial charge >= 0.3 is 0 Å². The van der Waals surface area contributed by atoms with Crippen LogP contribution in [0.5, 0.6) is 0 Å². The standard InChI is InChI=1S/C2H7NO.ClH/c1-3-4-2;/h3H,1-2H3;1H/p-1. The summed E-state index contributed by atoms with van der Waals surface area (Å²) >= 11 is 0. The van der Waals surface area contributed by atoms with E-state index in [-0.39, 0.29) is 12.4 Å². The second-order valence-electron chi connectivity index (χ2n) is 0.408. The van der Waals surface area contributed by atoms with E-state index >= 15 is 0 Å². The number of hydrogen-bond donors (Lipinski definition) is 1. The molecule has 34 valence electrons. The van der Waals surface area contributed by atoms with Crippen LogP contribution < -0.4 is 17.9 Å². The Bertz CT molecular complexity index is 11.6. The van der Waals surface area contributed by atoms with E-state index < -0.39 is 0 Å². The largest absolute Gasteiger partial charge is 1.00 e. The van der Waals surface area contributed by atoms with Crippen molar-refractivity contribution in [3.05, 3.63) is 0 Å². The third kappa shape index (κ3) is 14.0. The van der Waals surface area contributed by atoms with Gasteiger partial charge in [-0.05, 0) is 0 Å². The van der Waals surface area contributed by atoms with E-state index in [4.69, 9.17) is 0 Å². The molecule has 0 aliphatic heterocycles. The summed E-state index contributed by atoms with van der Waals surface area (Å²) in [7, 11) is 3.28. The van der Waals surface area contributed by atoms with Gasteiger partial charge in [-0.3, -0.25) is 0 Å². The quantitative estimate of drug-likeness (QED) is 0.347. The van der Waals surface area contributed by atoms with E-state index in [1.807, 2.05) is 0 Å². The number of hydrogen-bond acceptors (Lipinski definition) is 2. The SMILES string of the molecule is CNOC.[Cl-]. The predicted molar refractivity (Wildman–Crippen MR) is 16.1 cm³/mol. The Morgan fingerprint density at radius 3 is 1.80 bits per heavy atom. The van der Waals surface area contributed by atoms with Crippen LogP contribution in [-0.2, 0) is 4.84 Å². The van der Waals surface area contributed by atoms with Gasteiger partial charge in [0, 0.05) is 7.05 Å². The summed E-state index contributed by atoms with van der Waals surface area (Å²) in [6.45, 7) is 0. The molecule has 0 rings (SSSR count).